The minimum atomic E-state index is -1.11. The summed E-state index contributed by atoms with van der Waals surface area (Å²) >= 11 is 0. The van der Waals surface area contributed by atoms with Gasteiger partial charge >= 0.3 is 12.2 Å². The molecule has 3 N–H and O–H groups in total. The SMILES string of the molecule is COc1cc(N2CCOC2=O)ccc1Nc1nc2ccc(-c3ccc(NC(=O)O)cc3)cn2n1. The quantitative estimate of drug-likeness (QED) is 0.390. The number of rotatable bonds is 6. The molecular weight excluding hydrogens is 440 g/mol. The molecule has 1 saturated heterocycles. The highest BCUT2D eigenvalue weighted by Gasteiger charge is 2.24. The van der Waals surface area contributed by atoms with E-state index in [1.165, 1.54) is 0 Å². The number of cyclic esters (lactones) is 1. The van der Waals surface area contributed by atoms with Crippen LogP contribution in [0.2, 0.25) is 0 Å². The Morgan fingerprint density at radius 2 is 1.91 bits per heavy atom. The van der Waals surface area contributed by atoms with Crippen molar-refractivity contribution < 1.29 is 24.2 Å². The summed E-state index contributed by atoms with van der Waals surface area (Å²) in [4.78, 5) is 28.7. The third-order valence-electron chi connectivity index (χ3n) is 5.30. The Morgan fingerprint density at radius 3 is 2.62 bits per heavy atom. The van der Waals surface area contributed by atoms with Gasteiger partial charge in [0.1, 0.15) is 12.4 Å². The smallest absolute Gasteiger partial charge is 0.414 e. The number of carbonyl (C=O) groups is 2. The van der Waals surface area contributed by atoms with E-state index < -0.39 is 6.09 Å². The van der Waals surface area contributed by atoms with Crippen molar-refractivity contribution in [2.45, 2.75) is 0 Å². The summed E-state index contributed by atoms with van der Waals surface area (Å²) < 4.78 is 12.1. The van der Waals surface area contributed by atoms with Crippen LogP contribution >= 0.6 is 0 Å². The normalized spacial score (nSPS) is 13.1. The standard InChI is InChI=1S/C23H20N6O5/c1-33-19-12-17(28-10-11-34-23(28)32)7-8-18(19)25-21-26-20-9-4-15(13-29(20)27-21)14-2-5-16(6-3-14)24-22(30)31/h2-9,12-13,24H,10-11H2,1H3,(H,25,27)(H,30,31). The molecule has 172 valence electrons. The van der Waals surface area contributed by atoms with Crippen LogP contribution in [-0.2, 0) is 4.74 Å². The summed E-state index contributed by atoms with van der Waals surface area (Å²) in [5.41, 5.74) is 4.27. The number of benzene rings is 2. The molecule has 4 aromatic rings. The highest BCUT2D eigenvalue weighted by Crippen LogP contribution is 2.32. The summed E-state index contributed by atoms with van der Waals surface area (Å²) in [6.45, 7) is 0.849. The van der Waals surface area contributed by atoms with Crippen molar-refractivity contribution in [3.63, 3.8) is 0 Å². The molecule has 34 heavy (non-hydrogen) atoms. The third-order valence-corrected chi connectivity index (χ3v) is 5.30. The molecule has 1 aliphatic heterocycles. The lowest BCUT2D eigenvalue weighted by molar-refractivity contribution is 0.181. The van der Waals surface area contributed by atoms with Crippen LogP contribution in [-0.4, -0.2) is 52.2 Å². The van der Waals surface area contributed by atoms with Gasteiger partial charge in [-0.15, -0.1) is 5.10 Å². The Morgan fingerprint density at radius 1 is 1.12 bits per heavy atom. The largest absolute Gasteiger partial charge is 0.494 e. The van der Waals surface area contributed by atoms with E-state index in [9.17, 15) is 9.59 Å². The first-order valence-electron chi connectivity index (χ1n) is 10.4. The van der Waals surface area contributed by atoms with Gasteiger partial charge in [-0.05, 0) is 42.0 Å². The Hall–Kier alpha value is -4.80. The number of amides is 2. The van der Waals surface area contributed by atoms with Crippen LogP contribution in [0, 0.1) is 0 Å². The minimum absolute atomic E-state index is 0.359. The monoisotopic (exact) mass is 460 g/mol. The zero-order chi connectivity index (χ0) is 23.7. The maximum absolute atomic E-state index is 11.8. The van der Waals surface area contributed by atoms with Gasteiger partial charge in [0, 0.05) is 23.5 Å². The van der Waals surface area contributed by atoms with Crippen LogP contribution in [0.3, 0.4) is 0 Å². The van der Waals surface area contributed by atoms with Gasteiger partial charge in [-0.2, -0.15) is 4.98 Å². The van der Waals surface area contributed by atoms with Gasteiger partial charge in [0.05, 0.1) is 25.0 Å². The van der Waals surface area contributed by atoms with Crippen LogP contribution in [0.1, 0.15) is 0 Å². The molecule has 0 aliphatic carbocycles. The lowest BCUT2D eigenvalue weighted by atomic mass is 10.1. The summed E-state index contributed by atoms with van der Waals surface area (Å²) in [5.74, 6) is 0.914. The number of aromatic nitrogens is 3. The van der Waals surface area contributed by atoms with Crippen molar-refractivity contribution >= 4 is 40.8 Å². The molecule has 0 spiro atoms. The number of pyridine rings is 1. The predicted octanol–water partition coefficient (Wildman–Crippen LogP) is 4.20. The van der Waals surface area contributed by atoms with Gasteiger partial charge in [-0.1, -0.05) is 12.1 Å². The van der Waals surface area contributed by atoms with Gasteiger partial charge in [0.15, 0.2) is 5.65 Å². The average Bonchev–Trinajstić information content (AvgIpc) is 3.44. The summed E-state index contributed by atoms with van der Waals surface area (Å²) in [7, 11) is 1.55. The van der Waals surface area contributed by atoms with Crippen LogP contribution in [0.25, 0.3) is 16.8 Å². The number of carboxylic acid groups (broad SMARTS) is 1. The topological polar surface area (TPSA) is 130 Å². The first-order valence-corrected chi connectivity index (χ1v) is 10.4. The van der Waals surface area contributed by atoms with E-state index in [4.69, 9.17) is 14.6 Å². The molecule has 11 heteroatoms. The number of ether oxygens (including phenoxy) is 2. The van der Waals surface area contributed by atoms with Crippen molar-refractivity contribution in [1.29, 1.82) is 0 Å². The number of nitrogens with one attached hydrogen (secondary N) is 2. The molecule has 0 unspecified atom stereocenters. The van der Waals surface area contributed by atoms with Crippen molar-refractivity contribution in [3.05, 3.63) is 60.8 Å². The minimum Gasteiger partial charge on any atom is -0.494 e. The molecule has 2 aromatic carbocycles. The molecule has 0 saturated carbocycles. The van der Waals surface area contributed by atoms with Crippen LogP contribution in [0.4, 0.5) is 32.6 Å². The fraction of sp³-hybridized carbons (Fsp3) is 0.130. The van der Waals surface area contributed by atoms with Crippen LogP contribution in [0.5, 0.6) is 5.75 Å². The maximum Gasteiger partial charge on any atom is 0.414 e. The van der Waals surface area contributed by atoms with Crippen molar-refractivity contribution in [3.8, 4) is 16.9 Å². The van der Waals surface area contributed by atoms with Gasteiger partial charge in [-0.25, -0.2) is 14.1 Å². The number of carbonyl (C=O) groups excluding carboxylic acids is 1. The highest BCUT2D eigenvalue weighted by molar-refractivity contribution is 5.90. The van der Waals surface area contributed by atoms with Gasteiger partial charge in [-0.3, -0.25) is 10.2 Å². The second-order valence-electron chi connectivity index (χ2n) is 7.44. The molecule has 1 aliphatic rings. The Labute approximate surface area is 193 Å². The average molecular weight is 460 g/mol. The van der Waals surface area contributed by atoms with E-state index >= 15 is 0 Å². The van der Waals surface area contributed by atoms with E-state index in [2.05, 4.69) is 20.7 Å². The summed E-state index contributed by atoms with van der Waals surface area (Å²) in [6.07, 6.45) is 0.349. The Balaban J connectivity index is 1.38. The lowest BCUT2D eigenvalue weighted by Gasteiger charge is -2.16. The Kier molecular flexibility index (Phi) is 5.34. The van der Waals surface area contributed by atoms with Crippen LogP contribution < -0.4 is 20.3 Å². The highest BCUT2D eigenvalue weighted by atomic mass is 16.6. The molecule has 2 amide bonds. The number of anilines is 4. The van der Waals surface area contributed by atoms with Crippen LogP contribution in [0.15, 0.2) is 60.8 Å². The van der Waals surface area contributed by atoms with E-state index in [1.54, 1.807) is 46.9 Å². The number of hydrogen-bond acceptors (Lipinski definition) is 7. The second-order valence-corrected chi connectivity index (χ2v) is 7.44. The first-order chi connectivity index (χ1) is 16.5. The fourth-order valence-electron chi connectivity index (χ4n) is 3.68. The van der Waals surface area contributed by atoms with Crippen molar-refractivity contribution in [2.24, 2.45) is 0 Å². The van der Waals surface area contributed by atoms with E-state index in [0.29, 0.717) is 47.6 Å². The Bertz CT molecular complexity index is 1380. The first kappa shape index (κ1) is 21.1. The molecule has 1 fully saturated rings. The van der Waals surface area contributed by atoms with Crippen molar-refractivity contribution in [1.82, 2.24) is 14.6 Å². The van der Waals surface area contributed by atoms with Gasteiger partial charge < -0.3 is 19.9 Å². The fourth-order valence-corrected chi connectivity index (χ4v) is 3.68. The number of hydrogen-bond donors (Lipinski definition) is 3. The number of nitrogens with zero attached hydrogens (tertiary/aromatic N) is 4. The van der Waals surface area contributed by atoms with E-state index in [1.807, 2.05) is 30.5 Å². The molecule has 5 rings (SSSR count). The molecule has 0 atom stereocenters. The maximum atomic E-state index is 11.8. The number of fused-ring (bicyclic) bond motifs is 1. The summed E-state index contributed by atoms with van der Waals surface area (Å²) in [6, 6.07) is 16.1. The van der Waals surface area contributed by atoms with E-state index in [-0.39, 0.29) is 6.09 Å². The van der Waals surface area contributed by atoms with Crippen molar-refractivity contribution in [2.75, 3.05) is 35.8 Å². The third kappa shape index (κ3) is 4.13. The second kappa shape index (κ2) is 8.62. The molecule has 11 nitrogen and oxygen atoms in total. The molecule has 2 aromatic heterocycles. The number of methoxy groups -OCH3 is 1. The molecule has 0 radical (unpaired) electrons. The zero-order valence-electron chi connectivity index (χ0n) is 18.1. The van der Waals surface area contributed by atoms with E-state index in [0.717, 1.165) is 11.1 Å². The molecule has 3 heterocycles. The predicted molar refractivity (Wildman–Crippen MR) is 125 cm³/mol. The molecular formula is C23H20N6O5. The molecule has 0 bridgehead atoms. The van der Waals surface area contributed by atoms with Gasteiger partial charge in [0.2, 0.25) is 5.95 Å². The zero-order valence-corrected chi connectivity index (χ0v) is 18.1. The summed E-state index contributed by atoms with van der Waals surface area (Å²) in [5, 5.41) is 18.8. The lowest BCUT2D eigenvalue weighted by Crippen LogP contribution is -2.23. The van der Waals surface area contributed by atoms with Gasteiger partial charge in [0.25, 0.3) is 0 Å².